The molecular weight excluding hydrogens is 344 g/mol. The van der Waals surface area contributed by atoms with Crippen molar-refractivity contribution in [2.24, 2.45) is 0 Å². The Hall–Kier alpha value is -2.83. The Morgan fingerprint density at radius 2 is 1.89 bits per heavy atom. The number of piperazine rings is 1. The fraction of sp³-hybridized carbons (Fsp3) is 0.286. The van der Waals surface area contributed by atoms with Crippen molar-refractivity contribution in [3.05, 3.63) is 58.8 Å². The van der Waals surface area contributed by atoms with Crippen LogP contribution in [-0.4, -0.2) is 49.3 Å². The van der Waals surface area contributed by atoms with Crippen LogP contribution >= 0.6 is 0 Å². The van der Waals surface area contributed by atoms with E-state index in [4.69, 9.17) is 9.15 Å². The van der Waals surface area contributed by atoms with Crippen LogP contribution in [0.15, 0.2) is 57.7 Å². The first kappa shape index (κ1) is 17.6. The lowest BCUT2D eigenvalue weighted by Crippen LogP contribution is -2.44. The zero-order chi connectivity index (χ0) is 18.6. The maximum Gasteiger partial charge on any atom is 0.197 e. The molecule has 4 rings (SSSR count). The average molecular weight is 366 g/mol. The van der Waals surface area contributed by atoms with Crippen LogP contribution in [0.1, 0.15) is 0 Å². The second-order valence-electron chi connectivity index (χ2n) is 6.60. The van der Waals surface area contributed by atoms with Gasteiger partial charge < -0.3 is 19.6 Å². The first-order chi connectivity index (χ1) is 13.2. The molecular formula is C21H22N2O4. The molecule has 27 heavy (non-hydrogen) atoms. The van der Waals surface area contributed by atoms with E-state index in [0.29, 0.717) is 23.7 Å². The molecule has 2 N–H and O–H groups in total. The number of aromatic hydroxyl groups is 1. The maximum atomic E-state index is 12.5. The Kier molecular flexibility index (Phi) is 5.09. The number of benzene rings is 2. The molecule has 0 spiro atoms. The van der Waals surface area contributed by atoms with Crippen molar-refractivity contribution in [2.75, 3.05) is 39.3 Å². The summed E-state index contributed by atoms with van der Waals surface area (Å²) in [5.74, 6) is 0.826. The Bertz CT molecular complexity index is 979. The predicted octanol–water partition coefficient (Wildman–Crippen LogP) is 2.45. The largest absolute Gasteiger partial charge is 0.507 e. The van der Waals surface area contributed by atoms with Crippen LogP contribution in [0.4, 0.5) is 0 Å². The SMILES string of the molecule is O=c1cc(-c2ccccc2)oc2cc(OCCN3CCNCC3)cc(O)c12. The minimum Gasteiger partial charge on any atom is -0.507 e. The standard InChI is InChI=1S/C21H22N2O4/c24-17-12-16(26-11-10-23-8-6-22-7-9-23)13-20-21(17)18(25)14-19(27-20)15-4-2-1-3-5-15/h1-5,12-14,22,24H,6-11H2. The molecule has 6 heteroatoms. The van der Waals surface area contributed by atoms with Gasteiger partial charge in [0, 0.05) is 56.5 Å². The number of nitrogens with zero attached hydrogens (tertiary/aromatic N) is 1. The summed E-state index contributed by atoms with van der Waals surface area (Å²) < 4.78 is 11.7. The third kappa shape index (κ3) is 3.97. The second-order valence-corrected chi connectivity index (χ2v) is 6.60. The van der Waals surface area contributed by atoms with E-state index in [-0.39, 0.29) is 16.6 Å². The highest BCUT2D eigenvalue weighted by Gasteiger charge is 2.14. The molecule has 0 radical (unpaired) electrons. The van der Waals surface area contributed by atoms with Crippen LogP contribution in [0.5, 0.6) is 11.5 Å². The van der Waals surface area contributed by atoms with E-state index >= 15 is 0 Å². The average Bonchev–Trinajstić information content (AvgIpc) is 2.69. The summed E-state index contributed by atoms with van der Waals surface area (Å²) in [6.07, 6.45) is 0. The summed E-state index contributed by atoms with van der Waals surface area (Å²) in [4.78, 5) is 14.8. The first-order valence-electron chi connectivity index (χ1n) is 9.13. The summed E-state index contributed by atoms with van der Waals surface area (Å²) in [6, 6.07) is 14.0. The number of hydrogen-bond acceptors (Lipinski definition) is 6. The van der Waals surface area contributed by atoms with Gasteiger partial charge >= 0.3 is 0 Å². The van der Waals surface area contributed by atoms with Gasteiger partial charge in [0.05, 0.1) is 0 Å². The van der Waals surface area contributed by atoms with E-state index in [1.165, 1.54) is 12.1 Å². The molecule has 0 atom stereocenters. The first-order valence-corrected chi connectivity index (χ1v) is 9.13. The number of ether oxygens (including phenoxy) is 1. The fourth-order valence-electron chi connectivity index (χ4n) is 3.30. The fourth-order valence-corrected chi connectivity index (χ4v) is 3.30. The van der Waals surface area contributed by atoms with Crippen LogP contribution in [-0.2, 0) is 0 Å². The monoisotopic (exact) mass is 366 g/mol. The van der Waals surface area contributed by atoms with E-state index in [9.17, 15) is 9.90 Å². The summed E-state index contributed by atoms with van der Waals surface area (Å²) in [6.45, 7) is 5.31. The highest BCUT2D eigenvalue weighted by Crippen LogP contribution is 2.31. The molecule has 3 aromatic rings. The molecule has 1 saturated heterocycles. The van der Waals surface area contributed by atoms with Gasteiger partial charge in [-0.25, -0.2) is 0 Å². The Morgan fingerprint density at radius 3 is 2.67 bits per heavy atom. The molecule has 1 aliphatic heterocycles. The van der Waals surface area contributed by atoms with E-state index in [2.05, 4.69) is 10.2 Å². The molecule has 140 valence electrons. The summed E-state index contributed by atoms with van der Waals surface area (Å²) in [5.41, 5.74) is 0.847. The Balaban J connectivity index is 1.58. The molecule has 2 heterocycles. The Labute approximate surface area is 157 Å². The predicted molar refractivity (Wildman–Crippen MR) is 104 cm³/mol. The van der Waals surface area contributed by atoms with Gasteiger partial charge in [-0.2, -0.15) is 0 Å². The van der Waals surface area contributed by atoms with Crippen LogP contribution < -0.4 is 15.5 Å². The molecule has 0 unspecified atom stereocenters. The molecule has 1 aliphatic rings. The van der Waals surface area contributed by atoms with Crippen molar-refractivity contribution in [1.29, 1.82) is 0 Å². The molecule has 0 bridgehead atoms. The number of hydrogen-bond donors (Lipinski definition) is 2. The zero-order valence-corrected chi connectivity index (χ0v) is 15.0. The topological polar surface area (TPSA) is 74.9 Å². The van der Waals surface area contributed by atoms with Crippen LogP contribution in [0.2, 0.25) is 0 Å². The van der Waals surface area contributed by atoms with Crippen molar-refractivity contribution >= 4 is 11.0 Å². The number of rotatable bonds is 5. The molecule has 1 aromatic heterocycles. The van der Waals surface area contributed by atoms with Crippen molar-refractivity contribution in [1.82, 2.24) is 10.2 Å². The molecule has 0 amide bonds. The number of fused-ring (bicyclic) bond motifs is 1. The van der Waals surface area contributed by atoms with Crippen molar-refractivity contribution in [3.8, 4) is 22.8 Å². The summed E-state index contributed by atoms with van der Waals surface area (Å²) in [7, 11) is 0. The Morgan fingerprint density at radius 1 is 1.11 bits per heavy atom. The lowest BCUT2D eigenvalue weighted by Gasteiger charge is -2.26. The van der Waals surface area contributed by atoms with Gasteiger partial charge in [-0.05, 0) is 0 Å². The van der Waals surface area contributed by atoms with Crippen LogP contribution in [0.3, 0.4) is 0 Å². The lowest BCUT2D eigenvalue weighted by atomic mass is 10.1. The zero-order valence-electron chi connectivity index (χ0n) is 15.0. The normalized spacial score (nSPS) is 15.1. The minimum absolute atomic E-state index is 0.127. The van der Waals surface area contributed by atoms with Gasteiger partial charge in [-0.15, -0.1) is 0 Å². The van der Waals surface area contributed by atoms with E-state index in [1.807, 2.05) is 30.3 Å². The van der Waals surface area contributed by atoms with Gasteiger partial charge in [0.2, 0.25) is 0 Å². The smallest absolute Gasteiger partial charge is 0.197 e. The van der Waals surface area contributed by atoms with Crippen LogP contribution in [0, 0.1) is 0 Å². The lowest BCUT2D eigenvalue weighted by molar-refractivity contribution is 0.191. The van der Waals surface area contributed by atoms with Crippen molar-refractivity contribution in [3.63, 3.8) is 0 Å². The minimum atomic E-state index is -0.278. The molecule has 0 aliphatic carbocycles. The third-order valence-electron chi connectivity index (χ3n) is 4.73. The number of nitrogens with one attached hydrogen (secondary N) is 1. The summed E-state index contributed by atoms with van der Waals surface area (Å²) in [5, 5.41) is 13.8. The highest BCUT2D eigenvalue weighted by atomic mass is 16.5. The van der Waals surface area contributed by atoms with Gasteiger partial charge in [-0.3, -0.25) is 9.69 Å². The molecule has 0 saturated carbocycles. The van der Waals surface area contributed by atoms with E-state index < -0.39 is 0 Å². The second kappa shape index (κ2) is 7.82. The number of phenols is 1. The molecule has 6 nitrogen and oxygen atoms in total. The summed E-state index contributed by atoms with van der Waals surface area (Å²) >= 11 is 0. The molecule has 1 fully saturated rings. The van der Waals surface area contributed by atoms with Gasteiger partial charge in [0.1, 0.15) is 34.8 Å². The third-order valence-corrected chi connectivity index (χ3v) is 4.73. The van der Waals surface area contributed by atoms with E-state index in [1.54, 1.807) is 6.07 Å². The van der Waals surface area contributed by atoms with E-state index in [0.717, 1.165) is 38.3 Å². The molecule has 2 aromatic carbocycles. The van der Waals surface area contributed by atoms with Crippen LogP contribution in [0.25, 0.3) is 22.3 Å². The van der Waals surface area contributed by atoms with Crippen molar-refractivity contribution < 1.29 is 14.3 Å². The van der Waals surface area contributed by atoms with Gasteiger partial charge in [0.25, 0.3) is 0 Å². The number of phenolic OH excluding ortho intramolecular Hbond substituents is 1. The van der Waals surface area contributed by atoms with Crippen molar-refractivity contribution in [2.45, 2.75) is 0 Å². The highest BCUT2D eigenvalue weighted by molar-refractivity contribution is 5.86. The quantitative estimate of drug-likeness (QED) is 0.723. The van der Waals surface area contributed by atoms with Gasteiger partial charge in [0.15, 0.2) is 5.43 Å². The van der Waals surface area contributed by atoms with Gasteiger partial charge in [-0.1, -0.05) is 30.3 Å². The maximum absolute atomic E-state index is 12.5.